The van der Waals surface area contributed by atoms with Crippen molar-refractivity contribution in [2.24, 2.45) is 0 Å². The number of hydrogen-bond donors (Lipinski definition) is 1. The molecule has 18 heavy (non-hydrogen) atoms. The molecule has 0 spiro atoms. The van der Waals surface area contributed by atoms with E-state index < -0.39 is 0 Å². The Kier molecular flexibility index (Phi) is 3.71. The first-order valence-corrected chi connectivity index (χ1v) is 7.38. The van der Waals surface area contributed by atoms with Crippen molar-refractivity contribution in [2.45, 2.75) is 63.7 Å². The highest BCUT2D eigenvalue weighted by Gasteiger charge is 2.34. The predicted octanol–water partition coefficient (Wildman–Crippen LogP) is 2.77. The van der Waals surface area contributed by atoms with E-state index in [0.29, 0.717) is 6.04 Å². The molecule has 100 valence electrons. The van der Waals surface area contributed by atoms with Gasteiger partial charge in [0.15, 0.2) is 0 Å². The Balaban J connectivity index is 1.58. The molecule has 2 aliphatic carbocycles. The highest BCUT2D eigenvalue weighted by atomic mass is 16.3. The van der Waals surface area contributed by atoms with E-state index in [1.165, 1.54) is 32.1 Å². The van der Waals surface area contributed by atoms with E-state index in [1.807, 2.05) is 6.07 Å². The van der Waals surface area contributed by atoms with Crippen LogP contribution >= 0.6 is 0 Å². The van der Waals surface area contributed by atoms with Gasteiger partial charge in [-0.1, -0.05) is 6.92 Å². The van der Waals surface area contributed by atoms with Crippen LogP contribution in [0.25, 0.3) is 0 Å². The summed E-state index contributed by atoms with van der Waals surface area (Å²) in [6.07, 6.45) is 8.47. The van der Waals surface area contributed by atoms with Crippen LogP contribution in [0.3, 0.4) is 0 Å². The SMILES string of the molecule is CCC(CNC1CC1)N(Cc1ccco1)C1CC1. The Hall–Kier alpha value is -0.800. The van der Waals surface area contributed by atoms with Crippen molar-refractivity contribution in [3.05, 3.63) is 24.2 Å². The fourth-order valence-corrected chi connectivity index (χ4v) is 2.63. The first-order valence-electron chi connectivity index (χ1n) is 7.38. The average molecular weight is 248 g/mol. The van der Waals surface area contributed by atoms with Crippen molar-refractivity contribution in [1.82, 2.24) is 10.2 Å². The van der Waals surface area contributed by atoms with E-state index in [1.54, 1.807) is 6.26 Å². The number of nitrogens with one attached hydrogen (secondary N) is 1. The summed E-state index contributed by atoms with van der Waals surface area (Å²) in [6, 6.07) is 6.34. The van der Waals surface area contributed by atoms with Crippen LogP contribution in [-0.4, -0.2) is 29.6 Å². The van der Waals surface area contributed by atoms with Crippen molar-refractivity contribution in [3.63, 3.8) is 0 Å². The molecule has 3 heteroatoms. The summed E-state index contributed by atoms with van der Waals surface area (Å²) in [5.74, 6) is 1.10. The van der Waals surface area contributed by atoms with Crippen molar-refractivity contribution in [3.8, 4) is 0 Å². The molecule has 0 saturated heterocycles. The third kappa shape index (κ3) is 3.15. The number of hydrogen-bond acceptors (Lipinski definition) is 3. The maximum Gasteiger partial charge on any atom is 0.117 e. The lowest BCUT2D eigenvalue weighted by Crippen LogP contribution is -2.43. The molecule has 1 aromatic rings. The Labute approximate surface area is 110 Å². The lowest BCUT2D eigenvalue weighted by molar-refractivity contribution is 0.155. The molecule has 2 aliphatic rings. The fraction of sp³-hybridized carbons (Fsp3) is 0.733. The van der Waals surface area contributed by atoms with E-state index in [4.69, 9.17) is 4.42 Å². The standard InChI is InChI=1S/C15H24N2O/c1-2-13(10-16-12-5-6-12)17(14-7-8-14)11-15-4-3-9-18-15/h3-4,9,12-14,16H,2,5-8,10-11H2,1H3. The van der Waals surface area contributed by atoms with Gasteiger partial charge in [-0.2, -0.15) is 0 Å². The van der Waals surface area contributed by atoms with E-state index in [0.717, 1.165) is 30.9 Å². The van der Waals surface area contributed by atoms with E-state index >= 15 is 0 Å². The van der Waals surface area contributed by atoms with Crippen LogP contribution in [0.2, 0.25) is 0 Å². The van der Waals surface area contributed by atoms with Crippen molar-refractivity contribution in [1.29, 1.82) is 0 Å². The molecule has 3 nitrogen and oxygen atoms in total. The Morgan fingerprint density at radius 3 is 2.78 bits per heavy atom. The van der Waals surface area contributed by atoms with Crippen LogP contribution in [0, 0.1) is 0 Å². The molecule has 1 N–H and O–H groups in total. The fourth-order valence-electron chi connectivity index (χ4n) is 2.63. The van der Waals surface area contributed by atoms with Gasteiger partial charge in [0.05, 0.1) is 12.8 Å². The van der Waals surface area contributed by atoms with Crippen molar-refractivity contribution >= 4 is 0 Å². The Morgan fingerprint density at radius 2 is 2.22 bits per heavy atom. The second-order valence-corrected chi connectivity index (χ2v) is 5.73. The molecule has 2 fully saturated rings. The number of nitrogens with zero attached hydrogens (tertiary/aromatic N) is 1. The zero-order valence-electron chi connectivity index (χ0n) is 11.3. The molecular weight excluding hydrogens is 224 g/mol. The molecule has 0 bridgehead atoms. The van der Waals surface area contributed by atoms with Gasteiger partial charge in [0.2, 0.25) is 0 Å². The Bertz CT molecular complexity index is 355. The van der Waals surface area contributed by atoms with Gasteiger partial charge in [0.1, 0.15) is 5.76 Å². The van der Waals surface area contributed by atoms with Gasteiger partial charge < -0.3 is 9.73 Å². The Morgan fingerprint density at radius 1 is 1.39 bits per heavy atom. The molecule has 2 saturated carbocycles. The van der Waals surface area contributed by atoms with Crippen LogP contribution in [-0.2, 0) is 6.54 Å². The minimum Gasteiger partial charge on any atom is -0.468 e. The van der Waals surface area contributed by atoms with E-state index in [2.05, 4.69) is 23.2 Å². The zero-order chi connectivity index (χ0) is 12.4. The molecule has 1 unspecified atom stereocenters. The maximum atomic E-state index is 5.51. The van der Waals surface area contributed by atoms with Crippen LogP contribution in [0.15, 0.2) is 22.8 Å². The maximum absolute atomic E-state index is 5.51. The van der Waals surface area contributed by atoms with Gasteiger partial charge in [-0.05, 0) is 44.2 Å². The minimum absolute atomic E-state index is 0.656. The second-order valence-electron chi connectivity index (χ2n) is 5.73. The van der Waals surface area contributed by atoms with Crippen LogP contribution in [0.5, 0.6) is 0 Å². The highest BCUT2D eigenvalue weighted by Crippen LogP contribution is 2.31. The third-order valence-electron chi connectivity index (χ3n) is 4.09. The zero-order valence-corrected chi connectivity index (χ0v) is 11.3. The summed E-state index contributed by atoms with van der Waals surface area (Å²) in [5.41, 5.74) is 0. The third-order valence-corrected chi connectivity index (χ3v) is 4.09. The predicted molar refractivity (Wildman–Crippen MR) is 72.4 cm³/mol. The summed E-state index contributed by atoms with van der Waals surface area (Å²) in [6.45, 7) is 4.41. The van der Waals surface area contributed by atoms with Gasteiger partial charge in [-0.15, -0.1) is 0 Å². The molecule has 1 aromatic heterocycles. The molecule has 1 heterocycles. The molecule has 0 radical (unpaired) electrons. The lowest BCUT2D eigenvalue weighted by Gasteiger charge is -2.30. The van der Waals surface area contributed by atoms with Crippen molar-refractivity contribution in [2.75, 3.05) is 6.54 Å². The van der Waals surface area contributed by atoms with Gasteiger partial charge in [-0.3, -0.25) is 4.90 Å². The smallest absolute Gasteiger partial charge is 0.117 e. The van der Waals surface area contributed by atoms with Crippen LogP contribution in [0.4, 0.5) is 0 Å². The number of furan rings is 1. The quantitative estimate of drug-likeness (QED) is 0.767. The van der Waals surface area contributed by atoms with Crippen LogP contribution in [0.1, 0.15) is 44.8 Å². The molecule has 0 amide bonds. The summed E-state index contributed by atoms with van der Waals surface area (Å²) in [7, 11) is 0. The monoisotopic (exact) mass is 248 g/mol. The lowest BCUT2D eigenvalue weighted by atomic mass is 10.1. The van der Waals surface area contributed by atoms with Gasteiger partial charge >= 0.3 is 0 Å². The minimum atomic E-state index is 0.656. The molecule has 0 aliphatic heterocycles. The topological polar surface area (TPSA) is 28.4 Å². The second kappa shape index (κ2) is 5.45. The summed E-state index contributed by atoms with van der Waals surface area (Å²) in [4.78, 5) is 2.65. The van der Waals surface area contributed by atoms with E-state index in [9.17, 15) is 0 Å². The average Bonchev–Trinajstić information content (AvgIpc) is 3.30. The summed E-state index contributed by atoms with van der Waals surface area (Å²) >= 11 is 0. The molecule has 0 aromatic carbocycles. The largest absolute Gasteiger partial charge is 0.468 e. The van der Waals surface area contributed by atoms with Gasteiger partial charge in [-0.25, -0.2) is 0 Å². The van der Waals surface area contributed by atoms with E-state index in [-0.39, 0.29) is 0 Å². The normalized spacial score (nSPS) is 21.4. The number of rotatable bonds is 8. The molecule has 1 atom stereocenters. The summed E-state index contributed by atoms with van der Waals surface area (Å²) in [5, 5.41) is 3.68. The highest BCUT2D eigenvalue weighted by molar-refractivity contribution is 5.01. The molecule has 3 rings (SSSR count). The van der Waals surface area contributed by atoms with Gasteiger partial charge in [0, 0.05) is 24.7 Å². The van der Waals surface area contributed by atoms with Crippen molar-refractivity contribution < 1.29 is 4.42 Å². The summed E-state index contributed by atoms with van der Waals surface area (Å²) < 4.78 is 5.51. The van der Waals surface area contributed by atoms with Crippen LogP contribution < -0.4 is 5.32 Å². The first-order chi connectivity index (χ1) is 8.86. The van der Waals surface area contributed by atoms with Gasteiger partial charge in [0.25, 0.3) is 0 Å². The molecular formula is C15H24N2O. The first kappa shape index (κ1) is 12.2.